The van der Waals surface area contributed by atoms with Crippen LogP contribution in [0.25, 0.3) is 12.2 Å². The number of nitrogens with zero attached hydrogens (tertiary/aromatic N) is 1. The minimum absolute atomic E-state index is 0.0909. The lowest BCUT2D eigenvalue weighted by molar-refractivity contribution is 0.129. The summed E-state index contributed by atoms with van der Waals surface area (Å²) >= 11 is 0. The number of fused-ring (bicyclic) bond motifs is 3. The number of ether oxygens (including phenoxy) is 1. The van der Waals surface area contributed by atoms with E-state index >= 15 is 0 Å². The lowest BCUT2D eigenvalue weighted by Gasteiger charge is -2.08. The Morgan fingerprint density at radius 3 is 2.95 bits per heavy atom. The molecule has 0 fully saturated rings. The molecule has 108 valence electrons. The van der Waals surface area contributed by atoms with Crippen molar-refractivity contribution in [1.29, 1.82) is 0 Å². The van der Waals surface area contributed by atoms with Crippen LogP contribution in [0.15, 0.2) is 12.2 Å². The molecule has 0 aromatic carbocycles. The summed E-state index contributed by atoms with van der Waals surface area (Å²) < 4.78 is 8.17. The predicted octanol–water partition coefficient (Wildman–Crippen LogP) is 2.77. The van der Waals surface area contributed by atoms with Gasteiger partial charge >= 0.3 is 0 Å². The first-order valence-corrected chi connectivity index (χ1v) is 7.68. The Morgan fingerprint density at radius 1 is 1.40 bits per heavy atom. The summed E-state index contributed by atoms with van der Waals surface area (Å²) in [6.07, 6.45) is 12.3. The van der Waals surface area contributed by atoms with Crippen LogP contribution in [0.2, 0.25) is 0 Å². The van der Waals surface area contributed by atoms with Crippen molar-refractivity contribution in [3.05, 3.63) is 34.7 Å². The zero-order chi connectivity index (χ0) is 14.1. The van der Waals surface area contributed by atoms with Crippen LogP contribution >= 0.6 is 0 Å². The van der Waals surface area contributed by atoms with Crippen molar-refractivity contribution < 1.29 is 4.74 Å². The fraction of sp³-hybridized carbons (Fsp3) is 0.529. The maximum atomic E-state index is 6.05. The molecule has 0 bridgehead atoms. The maximum Gasteiger partial charge on any atom is 0.0944 e. The second-order valence-corrected chi connectivity index (χ2v) is 5.80. The largest absolute Gasteiger partial charge is 0.370 e. The highest BCUT2D eigenvalue weighted by molar-refractivity contribution is 5.71. The van der Waals surface area contributed by atoms with Gasteiger partial charge in [0.1, 0.15) is 0 Å². The Balaban J connectivity index is 2.03. The Morgan fingerprint density at radius 2 is 2.20 bits per heavy atom. The van der Waals surface area contributed by atoms with Crippen molar-refractivity contribution in [1.82, 2.24) is 4.57 Å². The van der Waals surface area contributed by atoms with Crippen LogP contribution in [0.4, 0.5) is 0 Å². The Bertz CT molecular complexity index is 552. The molecule has 1 unspecified atom stereocenters. The molecule has 0 saturated heterocycles. The van der Waals surface area contributed by atoms with Crippen molar-refractivity contribution in [2.24, 2.45) is 5.73 Å². The zero-order valence-corrected chi connectivity index (χ0v) is 12.4. The maximum absolute atomic E-state index is 6.05. The first kappa shape index (κ1) is 13.7. The molecule has 0 amide bonds. The van der Waals surface area contributed by atoms with Crippen LogP contribution in [-0.4, -0.2) is 23.3 Å². The molecule has 3 nitrogen and oxygen atoms in total. The standard InChI is InChI=1S/C17H24N2O/c1-3-20-13-6-8-14-15(11-12(2)18)16-5-4-10-19(16)17(14)9-7-13/h6-9,12-13H,3-5,10-11,18H2,1-2H3/t12-,13?/m0/s1. The van der Waals surface area contributed by atoms with Gasteiger partial charge in [0.15, 0.2) is 0 Å². The fourth-order valence-electron chi connectivity index (χ4n) is 3.37. The van der Waals surface area contributed by atoms with Crippen LogP contribution in [0, 0.1) is 0 Å². The lowest BCUT2D eigenvalue weighted by Crippen LogP contribution is -2.18. The average molecular weight is 272 g/mol. The summed E-state index contributed by atoms with van der Waals surface area (Å²) in [5.74, 6) is 0. The molecule has 0 saturated carbocycles. The summed E-state index contributed by atoms with van der Waals surface area (Å²) in [7, 11) is 0. The summed E-state index contributed by atoms with van der Waals surface area (Å²) in [6, 6.07) is 0.204. The molecular formula is C17H24N2O. The number of aromatic nitrogens is 1. The molecule has 1 aliphatic heterocycles. The smallest absolute Gasteiger partial charge is 0.0944 e. The van der Waals surface area contributed by atoms with Crippen LogP contribution in [-0.2, 0) is 24.1 Å². The number of rotatable bonds is 4. The van der Waals surface area contributed by atoms with Crippen molar-refractivity contribution in [3.63, 3.8) is 0 Å². The van der Waals surface area contributed by atoms with Crippen LogP contribution in [0.1, 0.15) is 42.8 Å². The van der Waals surface area contributed by atoms with Gasteiger partial charge in [0, 0.05) is 36.1 Å². The molecule has 1 aromatic rings. The summed E-state index contributed by atoms with van der Waals surface area (Å²) in [4.78, 5) is 0. The molecule has 0 spiro atoms. The first-order chi connectivity index (χ1) is 9.70. The number of hydrogen-bond donors (Lipinski definition) is 1. The molecule has 20 heavy (non-hydrogen) atoms. The average Bonchev–Trinajstić information content (AvgIpc) is 2.90. The van der Waals surface area contributed by atoms with Gasteiger partial charge < -0.3 is 15.0 Å². The summed E-state index contributed by atoms with van der Waals surface area (Å²) in [5.41, 5.74) is 11.7. The topological polar surface area (TPSA) is 40.2 Å². The monoisotopic (exact) mass is 272 g/mol. The third-order valence-electron chi connectivity index (χ3n) is 4.14. The highest BCUT2D eigenvalue weighted by Crippen LogP contribution is 2.33. The number of hydrogen-bond acceptors (Lipinski definition) is 2. The van der Waals surface area contributed by atoms with Gasteiger partial charge in [0.2, 0.25) is 0 Å². The quantitative estimate of drug-likeness (QED) is 0.915. The Hall–Kier alpha value is -1.32. The van der Waals surface area contributed by atoms with Crippen molar-refractivity contribution >= 4 is 12.2 Å². The summed E-state index contributed by atoms with van der Waals surface area (Å²) in [6.45, 7) is 5.99. The SMILES string of the molecule is CCOC1C=Cc2c(C[C@H](C)N)c3n(c2C=C1)CCC3. The van der Waals surface area contributed by atoms with Gasteiger partial charge in [-0.05, 0) is 50.8 Å². The zero-order valence-electron chi connectivity index (χ0n) is 12.4. The molecule has 3 rings (SSSR count). The van der Waals surface area contributed by atoms with Crippen LogP contribution < -0.4 is 5.73 Å². The van der Waals surface area contributed by atoms with Crippen LogP contribution in [0.3, 0.4) is 0 Å². The lowest BCUT2D eigenvalue weighted by atomic mass is 10.00. The first-order valence-electron chi connectivity index (χ1n) is 7.68. The third-order valence-corrected chi connectivity index (χ3v) is 4.14. The van der Waals surface area contributed by atoms with Gasteiger partial charge in [-0.1, -0.05) is 12.2 Å². The molecule has 1 aliphatic carbocycles. The van der Waals surface area contributed by atoms with Crippen LogP contribution in [0.5, 0.6) is 0 Å². The van der Waals surface area contributed by atoms with Gasteiger partial charge in [0.05, 0.1) is 6.10 Å². The van der Waals surface area contributed by atoms with E-state index in [0.717, 1.165) is 19.6 Å². The van der Waals surface area contributed by atoms with Gasteiger partial charge in [-0.3, -0.25) is 0 Å². The minimum Gasteiger partial charge on any atom is -0.370 e. The Kier molecular flexibility index (Phi) is 3.81. The second-order valence-electron chi connectivity index (χ2n) is 5.80. The molecule has 1 aromatic heterocycles. The molecule has 2 heterocycles. The fourth-order valence-corrected chi connectivity index (χ4v) is 3.37. The van der Waals surface area contributed by atoms with Crippen molar-refractivity contribution in [2.45, 2.75) is 51.8 Å². The van der Waals surface area contributed by atoms with Gasteiger partial charge in [0.25, 0.3) is 0 Å². The van der Waals surface area contributed by atoms with E-state index in [-0.39, 0.29) is 12.1 Å². The van der Waals surface area contributed by atoms with E-state index in [0.29, 0.717) is 0 Å². The van der Waals surface area contributed by atoms with E-state index in [4.69, 9.17) is 10.5 Å². The molecule has 0 radical (unpaired) electrons. The van der Waals surface area contributed by atoms with Gasteiger partial charge in [-0.25, -0.2) is 0 Å². The van der Waals surface area contributed by atoms with E-state index in [1.165, 1.54) is 35.4 Å². The molecule has 3 heteroatoms. The molecule has 2 atom stereocenters. The minimum atomic E-state index is 0.0909. The summed E-state index contributed by atoms with van der Waals surface area (Å²) in [5, 5.41) is 0. The van der Waals surface area contributed by atoms with E-state index in [2.05, 4.69) is 35.8 Å². The molecule has 2 N–H and O–H groups in total. The molecular weight excluding hydrogens is 248 g/mol. The van der Waals surface area contributed by atoms with E-state index in [1.54, 1.807) is 0 Å². The van der Waals surface area contributed by atoms with Crippen molar-refractivity contribution in [3.8, 4) is 0 Å². The highest BCUT2D eigenvalue weighted by atomic mass is 16.5. The van der Waals surface area contributed by atoms with E-state index in [1.807, 2.05) is 6.92 Å². The van der Waals surface area contributed by atoms with E-state index in [9.17, 15) is 0 Å². The third kappa shape index (κ3) is 2.36. The van der Waals surface area contributed by atoms with E-state index < -0.39 is 0 Å². The highest BCUT2D eigenvalue weighted by Gasteiger charge is 2.24. The predicted molar refractivity (Wildman–Crippen MR) is 83.6 cm³/mol. The second kappa shape index (κ2) is 5.58. The van der Waals surface area contributed by atoms with Gasteiger partial charge in [-0.15, -0.1) is 0 Å². The Labute approximate surface area is 121 Å². The van der Waals surface area contributed by atoms with Crippen molar-refractivity contribution in [2.75, 3.05) is 6.61 Å². The molecule has 2 aliphatic rings. The number of nitrogens with two attached hydrogens (primary N) is 1. The normalized spacial score (nSPS) is 21.6. The van der Waals surface area contributed by atoms with Gasteiger partial charge in [-0.2, -0.15) is 0 Å².